The molecule has 1 atom stereocenters. The molecule has 1 fully saturated rings. The number of likely N-dealkylation sites (tertiary alicyclic amines) is 1. The number of amides is 2. The Balaban J connectivity index is 1.77. The number of likely N-dealkylation sites (N-methyl/N-ethyl adjacent to an activating group) is 1. The van der Waals surface area contributed by atoms with Crippen molar-refractivity contribution in [1.29, 1.82) is 0 Å². The second-order valence-electron chi connectivity index (χ2n) is 9.28. The number of carbonyl (C=O) groups excluding carboxylic acids is 2. The number of piperidine rings is 1. The van der Waals surface area contributed by atoms with Crippen LogP contribution < -0.4 is 0 Å². The average Bonchev–Trinajstić information content (AvgIpc) is 3.00. The van der Waals surface area contributed by atoms with Crippen molar-refractivity contribution in [2.75, 3.05) is 13.6 Å². The molecule has 31 heavy (non-hydrogen) atoms. The van der Waals surface area contributed by atoms with Gasteiger partial charge in [0.15, 0.2) is 0 Å². The Labute approximate surface area is 185 Å². The van der Waals surface area contributed by atoms with Crippen molar-refractivity contribution in [2.24, 2.45) is 0 Å². The van der Waals surface area contributed by atoms with E-state index in [0.29, 0.717) is 19.5 Å². The molecule has 0 spiro atoms. The minimum atomic E-state index is -0.589. The van der Waals surface area contributed by atoms with Gasteiger partial charge in [-0.1, -0.05) is 18.2 Å². The third-order valence-corrected chi connectivity index (χ3v) is 5.63. The van der Waals surface area contributed by atoms with Gasteiger partial charge in [-0.2, -0.15) is 5.10 Å². The lowest BCUT2D eigenvalue weighted by Gasteiger charge is -2.37. The molecule has 1 aliphatic heterocycles. The van der Waals surface area contributed by atoms with Crippen molar-refractivity contribution < 1.29 is 14.3 Å². The zero-order chi connectivity index (χ0) is 22.8. The maximum Gasteiger partial charge on any atom is 0.410 e. The molecule has 1 aliphatic rings. The van der Waals surface area contributed by atoms with Crippen molar-refractivity contribution in [3.05, 3.63) is 47.3 Å². The van der Waals surface area contributed by atoms with Crippen molar-refractivity contribution in [1.82, 2.24) is 19.6 Å². The van der Waals surface area contributed by atoms with Gasteiger partial charge >= 0.3 is 6.09 Å². The van der Waals surface area contributed by atoms with Crippen molar-refractivity contribution in [3.63, 3.8) is 0 Å². The van der Waals surface area contributed by atoms with Crippen LogP contribution in [0.1, 0.15) is 57.0 Å². The Morgan fingerprint density at radius 3 is 2.48 bits per heavy atom. The number of aromatic nitrogens is 2. The minimum Gasteiger partial charge on any atom is -0.444 e. The molecular formula is C24H34N4O3. The molecule has 1 aromatic heterocycles. The first-order valence-electron chi connectivity index (χ1n) is 10.9. The normalized spacial score (nSPS) is 16.8. The van der Waals surface area contributed by atoms with Gasteiger partial charge in [0, 0.05) is 31.4 Å². The highest BCUT2D eigenvalue weighted by Crippen LogP contribution is 2.24. The third-order valence-electron chi connectivity index (χ3n) is 5.63. The highest BCUT2D eigenvalue weighted by molar-refractivity contribution is 5.86. The van der Waals surface area contributed by atoms with Crippen LogP contribution in [-0.4, -0.2) is 56.8 Å². The molecule has 7 nitrogen and oxygen atoms in total. The third kappa shape index (κ3) is 5.27. The molecule has 0 saturated carbocycles. The SMILES string of the molecule is Cc1nn(-c2ccccc2)c(C)c1CN(C)C(=O)C1CCCCN1C(=O)OC(C)(C)C. The molecule has 2 heterocycles. The van der Waals surface area contributed by atoms with Gasteiger partial charge in [-0.3, -0.25) is 9.69 Å². The zero-order valence-electron chi connectivity index (χ0n) is 19.5. The number of benzene rings is 1. The summed E-state index contributed by atoms with van der Waals surface area (Å²) >= 11 is 0. The first-order valence-corrected chi connectivity index (χ1v) is 10.9. The number of nitrogens with zero attached hydrogens (tertiary/aromatic N) is 4. The largest absolute Gasteiger partial charge is 0.444 e. The molecule has 1 aromatic carbocycles. The number of ether oxygens (including phenoxy) is 1. The van der Waals surface area contributed by atoms with E-state index in [-0.39, 0.29) is 5.91 Å². The summed E-state index contributed by atoms with van der Waals surface area (Å²) in [5.41, 5.74) is 3.34. The van der Waals surface area contributed by atoms with Gasteiger partial charge in [0.1, 0.15) is 11.6 Å². The summed E-state index contributed by atoms with van der Waals surface area (Å²) in [5, 5.41) is 4.68. The summed E-state index contributed by atoms with van der Waals surface area (Å²) in [6.07, 6.45) is 2.05. The molecular weight excluding hydrogens is 392 g/mol. The van der Waals surface area contributed by atoms with Crippen LogP contribution >= 0.6 is 0 Å². The number of hydrogen-bond acceptors (Lipinski definition) is 4. The second kappa shape index (κ2) is 9.12. The van der Waals surface area contributed by atoms with Crippen LogP contribution in [0.2, 0.25) is 0 Å². The Kier molecular flexibility index (Phi) is 6.72. The first-order chi connectivity index (χ1) is 14.6. The number of aryl methyl sites for hydroxylation is 1. The Hall–Kier alpha value is -2.83. The lowest BCUT2D eigenvalue weighted by atomic mass is 10.0. The second-order valence-corrected chi connectivity index (χ2v) is 9.28. The van der Waals surface area contributed by atoms with Crippen LogP contribution in [-0.2, 0) is 16.1 Å². The van der Waals surface area contributed by atoms with Crippen LogP contribution in [0.15, 0.2) is 30.3 Å². The number of carbonyl (C=O) groups is 2. The van der Waals surface area contributed by atoms with Gasteiger partial charge in [-0.05, 0) is 66.0 Å². The first kappa shape index (κ1) is 22.8. The lowest BCUT2D eigenvalue weighted by Crippen LogP contribution is -2.53. The van der Waals surface area contributed by atoms with E-state index in [9.17, 15) is 9.59 Å². The Morgan fingerprint density at radius 1 is 1.16 bits per heavy atom. The van der Waals surface area contributed by atoms with Crippen LogP contribution in [0.4, 0.5) is 4.79 Å². The van der Waals surface area contributed by atoms with E-state index < -0.39 is 17.7 Å². The van der Waals surface area contributed by atoms with Gasteiger partial charge in [0.2, 0.25) is 5.91 Å². The van der Waals surface area contributed by atoms with Gasteiger partial charge in [0.05, 0.1) is 11.4 Å². The maximum absolute atomic E-state index is 13.3. The van der Waals surface area contributed by atoms with Crippen LogP contribution in [0.5, 0.6) is 0 Å². The smallest absolute Gasteiger partial charge is 0.410 e. The summed E-state index contributed by atoms with van der Waals surface area (Å²) in [7, 11) is 1.79. The molecule has 2 aromatic rings. The lowest BCUT2D eigenvalue weighted by molar-refractivity contribution is -0.137. The van der Waals surface area contributed by atoms with E-state index in [2.05, 4.69) is 5.10 Å². The standard InChI is InChI=1S/C24H34N4O3/c1-17-20(18(2)28(25-17)19-12-8-7-9-13-19)16-26(6)22(29)21-14-10-11-15-27(21)23(30)31-24(3,4)5/h7-9,12-13,21H,10-11,14-16H2,1-6H3. The van der Waals surface area contributed by atoms with Gasteiger partial charge in [-0.15, -0.1) is 0 Å². The van der Waals surface area contributed by atoms with Crippen molar-refractivity contribution in [3.8, 4) is 5.69 Å². The van der Waals surface area contributed by atoms with Gasteiger partial charge in [-0.25, -0.2) is 9.48 Å². The Morgan fingerprint density at radius 2 is 1.84 bits per heavy atom. The van der Waals surface area contributed by atoms with Gasteiger partial charge < -0.3 is 9.64 Å². The van der Waals surface area contributed by atoms with E-state index >= 15 is 0 Å². The molecule has 3 rings (SSSR count). The number of rotatable bonds is 4. The zero-order valence-corrected chi connectivity index (χ0v) is 19.5. The fraction of sp³-hybridized carbons (Fsp3) is 0.542. The summed E-state index contributed by atoms with van der Waals surface area (Å²) < 4.78 is 7.46. The van der Waals surface area contributed by atoms with Crippen LogP contribution in [0, 0.1) is 13.8 Å². The number of para-hydroxylation sites is 1. The molecule has 7 heteroatoms. The van der Waals surface area contributed by atoms with E-state index in [0.717, 1.165) is 35.5 Å². The summed E-state index contributed by atoms with van der Waals surface area (Å²) in [6, 6.07) is 9.48. The monoisotopic (exact) mass is 426 g/mol. The molecule has 1 unspecified atom stereocenters. The maximum atomic E-state index is 13.3. The highest BCUT2D eigenvalue weighted by Gasteiger charge is 2.36. The summed E-state index contributed by atoms with van der Waals surface area (Å²) in [4.78, 5) is 29.3. The van der Waals surface area contributed by atoms with Crippen LogP contribution in [0.3, 0.4) is 0 Å². The van der Waals surface area contributed by atoms with Crippen molar-refractivity contribution >= 4 is 12.0 Å². The van der Waals surface area contributed by atoms with Gasteiger partial charge in [0.25, 0.3) is 0 Å². The highest BCUT2D eigenvalue weighted by atomic mass is 16.6. The molecule has 0 N–H and O–H groups in total. The molecule has 168 valence electrons. The van der Waals surface area contributed by atoms with E-state index in [1.54, 1.807) is 16.8 Å². The summed E-state index contributed by atoms with van der Waals surface area (Å²) in [6.45, 7) is 10.5. The van der Waals surface area contributed by atoms with E-state index in [1.165, 1.54) is 0 Å². The fourth-order valence-electron chi connectivity index (χ4n) is 4.02. The summed E-state index contributed by atoms with van der Waals surface area (Å²) in [5.74, 6) is -0.0585. The topological polar surface area (TPSA) is 67.7 Å². The quantitative estimate of drug-likeness (QED) is 0.733. The molecule has 2 amide bonds. The van der Waals surface area contributed by atoms with Crippen molar-refractivity contribution in [2.45, 2.75) is 72.1 Å². The Bertz CT molecular complexity index is 930. The minimum absolute atomic E-state index is 0.0585. The molecule has 1 saturated heterocycles. The average molecular weight is 427 g/mol. The number of hydrogen-bond donors (Lipinski definition) is 0. The fourth-order valence-corrected chi connectivity index (χ4v) is 4.02. The van der Waals surface area contributed by atoms with Crippen LogP contribution in [0.25, 0.3) is 5.69 Å². The molecule has 0 bridgehead atoms. The predicted molar refractivity (Wildman–Crippen MR) is 120 cm³/mol. The molecule has 0 radical (unpaired) electrons. The predicted octanol–water partition coefficient (Wildman–Crippen LogP) is 4.24. The molecule has 0 aliphatic carbocycles. The van der Waals surface area contributed by atoms with E-state index in [1.807, 2.05) is 69.6 Å². The van der Waals surface area contributed by atoms with E-state index in [4.69, 9.17) is 4.74 Å².